The van der Waals surface area contributed by atoms with E-state index in [1.807, 2.05) is 32.9 Å². The zero-order valence-corrected chi connectivity index (χ0v) is 27.3. The summed E-state index contributed by atoms with van der Waals surface area (Å²) in [4.78, 5) is 17.0. The highest BCUT2D eigenvalue weighted by molar-refractivity contribution is 7.91. The SMILES string of the molecule is Cn1cc(-c2cc3c(cc2C(F)F)N(c2cc(C4=CCC(S(C)(=O)=O)CC4)cc4c2CN(C(=O)OC(C)(C)C)C4)CCC3)cn1. The number of amides is 1. The van der Waals surface area contributed by atoms with Crippen LogP contribution in [0.1, 0.15) is 80.7 Å². The number of hydrogen-bond acceptors (Lipinski definition) is 6. The Hall–Kier alpha value is -3.73. The van der Waals surface area contributed by atoms with Crippen LogP contribution in [0.2, 0.25) is 0 Å². The van der Waals surface area contributed by atoms with Crippen LogP contribution >= 0.6 is 0 Å². The van der Waals surface area contributed by atoms with Gasteiger partial charge in [0.25, 0.3) is 6.43 Å². The number of allylic oxidation sites excluding steroid dienone is 2. The van der Waals surface area contributed by atoms with Crippen LogP contribution in [0.5, 0.6) is 0 Å². The van der Waals surface area contributed by atoms with E-state index in [0.717, 1.165) is 52.0 Å². The van der Waals surface area contributed by atoms with E-state index in [1.54, 1.807) is 35.1 Å². The molecule has 240 valence electrons. The first-order valence-electron chi connectivity index (χ1n) is 15.4. The third-order valence-corrected chi connectivity index (χ3v) is 10.6. The molecule has 8 nitrogen and oxygen atoms in total. The number of ether oxygens (including phenoxy) is 1. The fraction of sp³-hybridized carbons (Fsp3) is 0.471. The Balaban J connectivity index is 1.45. The zero-order chi connectivity index (χ0) is 32.3. The number of fused-ring (bicyclic) bond motifs is 2. The summed E-state index contributed by atoms with van der Waals surface area (Å²) in [6.07, 6.45) is 6.79. The Morgan fingerprint density at radius 3 is 2.44 bits per heavy atom. The summed E-state index contributed by atoms with van der Waals surface area (Å²) < 4.78 is 60.9. The number of aromatic nitrogens is 2. The van der Waals surface area contributed by atoms with Crippen LogP contribution in [-0.2, 0) is 41.1 Å². The minimum Gasteiger partial charge on any atom is -0.444 e. The predicted octanol–water partition coefficient (Wildman–Crippen LogP) is 7.34. The molecule has 1 atom stereocenters. The normalized spacial score (nSPS) is 18.6. The van der Waals surface area contributed by atoms with Crippen molar-refractivity contribution in [2.75, 3.05) is 17.7 Å². The largest absolute Gasteiger partial charge is 0.444 e. The maximum atomic E-state index is 14.6. The molecule has 1 aromatic heterocycles. The van der Waals surface area contributed by atoms with Crippen molar-refractivity contribution in [1.82, 2.24) is 14.7 Å². The summed E-state index contributed by atoms with van der Waals surface area (Å²) >= 11 is 0. The van der Waals surface area contributed by atoms with Crippen molar-refractivity contribution < 1.29 is 26.7 Å². The van der Waals surface area contributed by atoms with E-state index in [0.29, 0.717) is 50.0 Å². The van der Waals surface area contributed by atoms with E-state index < -0.39 is 33.2 Å². The highest BCUT2D eigenvalue weighted by Gasteiger charge is 2.34. The Kier molecular flexibility index (Phi) is 8.04. The van der Waals surface area contributed by atoms with Crippen molar-refractivity contribution in [2.45, 2.75) is 83.2 Å². The number of aryl methyl sites for hydroxylation is 2. The average Bonchev–Trinajstić information content (AvgIpc) is 3.61. The molecule has 0 spiro atoms. The van der Waals surface area contributed by atoms with E-state index in [9.17, 15) is 22.0 Å². The lowest BCUT2D eigenvalue weighted by atomic mass is 9.89. The second-order valence-corrected chi connectivity index (χ2v) is 15.8. The van der Waals surface area contributed by atoms with Gasteiger partial charge in [0.15, 0.2) is 9.84 Å². The summed E-state index contributed by atoms with van der Waals surface area (Å²) in [6, 6.07) is 7.69. The molecule has 0 bridgehead atoms. The van der Waals surface area contributed by atoms with Crippen LogP contribution in [0, 0.1) is 0 Å². The molecule has 3 aromatic rings. The van der Waals surface area contributed by atoms with Gasteiger partial charge in [0.2, 0.25) is 0 Å². The summed E-state index contributed by atoms with van der Waals surface area (Å²) in [5.74, 6) is 0. The maximum Gasteiger partial charge on any atom is 0.410 e. The quantitative estimate of drug-likeness (QED) is 0.291. The molecule has 3 heterocycles. The molecule has 0 N–H and O–H groups in total. The van der Waals surface area contributed by atoms with E-state index in [4.69, 9.17) is 4.74 Å². The first-order valence-corrected chi connectivity index (χ1v) is 17.4. The lowest BCUT2D eigenvalue weighted by Gasteiger charge is -2.34. The Labute approximate surface area is 263 Å². The minimum absolute atomic E-state index is 0.0429. The second kappa shape index (κ2) is 11.6. The Morgan fingerprint density at radius 1 is 1.04 bits per heavy atom. The molecule has 0 fully saturated rings. The van der Waals surface area contributed by atoms with Gasteiger partial charge >= 0.3 is 6.09 Å². The molecule has 11 heteroatoms. The van der Waals surface area contributed by atoms with Gasteiger partial charge in [0, 0.05) is 60.7 Å². The smallest absolute Gasteiger partial charge is 0.410 e. The summed E-state index contributed by atoms with van der Waals surface area (Å²) in [5.41, 5.74) is 7.04. The highest BCUT2D eigenvalue weighted by atomic mass is 32.2. The van der Waals surface area contributed by atoms with Crippen LogP contribution in [0.15, 0.2) is 42.7 Å². The van der Waals surface area contributed by atoms with Gasteiger partial charge in [-0.1, -0.05) is 6.08 Å². The molecule has 1 aliphatic carbocycles. The topological polar surface area (TPSA) is 84.7 Å². The molecule has 2 aliphatic heterocycles. The molecular weight excluding hydrogens is 598 g/mol. The number of sulfone groups is 1. The van der Waals surface area contributed by atoms with Gasteiger partial charge in [0.05, 0.1) is 18.0 Å². The van der Waals surface area contributed by atoms with Gasteiger partial charge in [-0.3, -0.25) is 9.58 Å². The molecule has 45 heavy (non-hydrogen) atoms. The number of carbonyl (C=O) groups is 1. The van der Waals surface area contributed by atoms with Crippen molar-refractivity contribution >= 4 is 32.9 Å². The average molecular weight is 639 g/mol. The molecule has 0 radical (unpaired) electrons. The van der Waals surface area contributed by atoms with Crippen LogP contribution in [-0.4, -0.2) is 52.8 Å². The third kappa shape index (κ3) is 6.36. The predicted molar refractivity (Wildman–Crippen MR) is 171 cm³/mol. The number of halogens is 2. The third-order valence-electron chi connectivity index (χ3n) is 8.93. The fourth-order valence-corrected chi connectivity index (χ4v) is 7.72. The van der Waals surface area contributed by atoms with Gasteiger partial charge in [-0.05, 0) is 105 Å². The Morgan fingerprint density at radius 2 is 1.82 bits per heavy atom. The molecule has 3 aliphatic rings. The molecular formula is C34H40F2N4O4S. The molecule has 0 saturated heterocycles. The Bertz CT molecular complexity index is 1790. The molecule has 1 amide bonds. The number of nitrogens with zero attached hydrogens (tertiary/aromatic N) is 4. The standard InChI is InChI=1S/C34H40F2N4O4S/c1-34(2,3)44-33(41)39-19-24-13-23(21-8-10-26(11-9-21)45(5,42)43)15-31(29(24)20-39)40-12-6-7-22-14-27(25-17-37-38(4)18-25)28(32(35)36)16-30(22)40/h8,13-18,26,32H,6-7,9-12,19-20H2,1-5H3. The van der Waals surface area contributed by atoms with Crippen LogP contribution in [0.4, 0.5) is 25.0 Å². The van der Waals surface area contributed by atoms with Crippen LogP contribution in [0.25, 0.3) is 16.7 Å². The monoisotopic (exact) mass is 638 g/mol. The highest BCUT2D eigenvalue weighted by Crippen LogP contribution is 2.45. The summed E-state index contributed by atoms with van der Waals surface area (Å²) in [5, 5.41) is 3.81. The number of rotatable bonds is 5. The molecule has 2 aromatic carbocycles. The van der Waals surface area contributed by atoms with Gasteiger partial charge in [0.1, 0.15) is 5.60 Å². The molecule has 0 saturated carbocycles. The van der Waals surface area contributed by atoms with Gasteiger partial charge < -0.3 is 9.64 Å². The van der Waals surface area contributed by atoms with E-state index in [-0.39, 0.29) is 5.56 Å². The number of carbonyl (C=O) groups excluding carboxylic acids is 1. The lowest BCUT2D eigenvalue weighted by molar-refractivity contribution is 0.0242. The van der Waals surface area contributed by atoms with E-state index in [2.05, 4.69) is 22.1 Å². The molecule has 1 unspecified atom stereocenters. The summed E-state index contributed by atoms with van der Waals surface area (Å²) in [6.45, 7) is 6.86. The number of anilines is 2. The number of benzene rings is 2. The van der Waals surface area contributed by atoms with Gasteiger partial charge in [-0.2, -0.15) is 5.10 Å². The zero-order valence-electron chi connectivity index (χ0n) is 26.4. The van der Waals surface area contributed by atoms with Crippen molar-refractivity contribution in [3.8, 4) is 11.1 Å². The first kappa shape index (κ1) is 31.3. The maximum absolute atomic E-state index is 14.6. The van der Waals surface area contributed by atoms with Crippen molar-refractivity contribution in [3.05, 3.63) is 70.6 Å². The van der Waals surface area contributed by atoms with Crippen LogP contribution in [0.3, 0.4) is 0 Å². The first-order chi connectivity index (χ1) is 21.2. The molecule has 6 rings (SSSR count). The van der Waals surface area contributed by atoms with Crippen LogP contribution < -0.4 is 4.90 Å². The van der Waals surface area contributed by atoms with Crippen molar-refractivity contribution in [1.29, 1.82) is 0 Å². The van der Waals surface area contributed by atoms with Gasteiger partial charge in [-0.15, -0.1) is 0 Å². The number of hydrogen-bond donors (Lipinski definition) is 0. The van der Waals surface area contributed by atoms with E-state index in [1.165, 1.54) is 6.26 Å². The minimum atomic E-state index is -3.14. The van der Waals surface area contributed by atoms with E-state index >= 15 is 0 Å². The van der Waals surface area contributed by atoms with Crippen molar-refractivity contribution in [3.63, 3.8) is 0 Å². The number of alkyl halides is 2. The summed E-state index contributed by atoms with van der Waals surface area (Å²) in [7, 11) is -1.38. The fourth-order valence-electron chi connectivity index (χ4n) is 6.72. The van der Waals surface area contributed by atoms with Crippen molar-refractivity contribution in [2.24, 2.45) is 7.05 Å². The second-order valence-electron chi connectivity index (χ2n) is 13.5. The lowest BCUT2D eigenvalue weighted by Crippen LogP contribution is -2.33. The van der Waals surface area contributed by atoms with Gasteiger partial charge in [-0.25, -0.2) is 22.0 Å².